The minimum Gasteiger partial charge on any atom is -0.488 e. The fourth-order valence-corrected chi connectivity index (χ4v) is 4.86. The van der Waals surface area contributed by atoms with Crippen molar-refractivity contribution in [1.29, 1.82) is 0 Å². The van der Waals surface area contributed by atoms with Crippen molar-refractivity contribution in [3.05, 3.63) is 97.7 Å². The maximum absolute atomic E-state index is 13.3. The molecule has 188 valence electrons. The first-order valence-electron chi connectivity index (χ1n) is 10.7. The van der Waals surface area contributed by atoms with E-state index in [9.17, 15) is 23.6 Å². The second-order valence-electron chi connectivity index (χ2n) is 7.81. The molecule has 0 bridgehead atoms. The first kappa shape index (κ1) is 26.4. The van der Waals surface area contributed by atoms with Crippen LogP contribution < -0.4 is 10.1 Å². The SMILES string of the molecule is O=C(CN1C(=O)S/C(=C/c2ccc(OCc3ccc(C(=O)O)cc3)c(I)c2)C1=O)Nc1cccc(F)c1. The number of nitrogens with one attached hydrogen (secondary N) is 1. The zero-order chi connectivity index (χ0) is 26.5. The Bertz CT molecular complexity index is 1430. The van der Waals surface area contributed by atoms with E-state index in [1.54, 1.807) is 36.4 Å². The average molecular weight is 632 g/mol. The van der Waals surface area contributed by atoms with Crippen molar-refractivity contribution in [2.45, 2.75) is 6.61 Å². The van der Waals surface area contributed by atoms with Crippen molar-refractivity contribution in [2.24, 2.45) is 0 Å². The van der Waals surface area contributed by atoms with Gasteiger partial charge in [-0.3, -0.25) is 19.3 Å². The standard InChI is InChI=1S/C26H18FIN2O6S/c27-18-2-1-3-19(12-18)29-23(31)13-30-24(32)22(37-26(30)35)11-16-6-9-21(20(28)10-16)36-14-15-4-7-17(8-5-15)25(33)34/h1-12H,13-14H2,(H,29,31)(H,33,34)/b22-11+. The monoisotopic (exact) mass is 632 g/mol. The third-order valence-corrected chi connectivity index (χ3v) is 6.88. The summed E-state index contributed by atoms with van der Waals surface area (Å²) in [6, 6.07) is 16.9. The number of carboxylic acid groups (broad SMARTS) is 1. The van der Waals surface area contributed by atoms with E-state index < -0.39 is 35.4 Å². The Kier molecular flexibility index (Phi) is 8.24. The molecule has 2 N–H and O–H groups in total. The molecule has 3 aromatic rings. The van der Waals surface area contributed by atoms with E-state index in [0.29, 0.717) is 11.3 Å². The number of carboxylic acids is 1. The number of thioether (sulfide) groups is 1. The van der Waals surface area contributed by atoms with E-state index in [-0.39, 0.29) is 22.8 Å². The molecule has 4 rings (SSSR count). The molecular weight excluding hydrogens is 614 g/mol. The molecule has 1 aliphatic heterocycles. The van der Waals surface area contributed by atoms with Crippen molar-refractivity contribution in [2.75, 3.05) is 11.9 Å². The molecule has 0 atom stereocenters. The summed E-state index contributed by atoms with van der Waals surface area (Å²) in [7, 11) is 0. The number of halogens is 2. The molecule has 1 heterocycles. The zero-order valence-electron chi connectivity index (χ0n) is 18.9. The Morgan fingerprint density at radius 3 is 2.51 bits per heavy atom. The van der Waals surface area contributed by atoms with Gasteiger partial charge < -0.3 is 15.2 Å². The number of carbonyl (C=O) groups is 4. The van der Waals surface area contributed by atoms with E-state index in [0.717, 1.165) is 31.9 Å². The van der Waals surface area contributed by atoms with Gasteiger partial charge in [0.15, 0.2) is 0 Å². The highest BCUT2D eigenvalue weighted by molar-refractivity contribution is 14.1. The number of ether oxygens (including phenoxy) is 1. The molecule has 11 heteroatoms. The van der Waals surface area contributed by atoms with Gasteiger partial charge in [0.2, 0.25) is 5.91 Å². The lowest BCUT2D eigenvalue weighted by molar-refractivity contribution is -0.127. The highest BCUT2D eigenvalue weighted by Gasteiger charge is 2.36. The molecule has 37 heavy (non-hydrogen) atoms. The lowest BCUT2D eigenvalue weighted by Gasteiger charge is -2.12. The Morgan fingerprint density at radius 2 is 1.84 bits per heavy atom. The second-order valence-corrected chi connectivity index (χ2v) is 9.96. The summed E-state index contributed by atoms with van der Waals surface area (Å²) in [6.45, 7) is -0.248. The van der Waals surface area contributed by atoms with Crippen LogP contribution in [0.1, 0.15) is 21.5 Å². The van der Waals surface area contributed by atoms with Gasteiger partial charge in [-0.2, -0.15) is 0 Å². The molecule has 0 aromatic heterocycles. The van der Waals surface area contributed by atoms with Gasteiger partial charge in [0.05, 0.1) is 14.0 Å². The third-order valence-electron chi connectivity index (χ3n) is 5.13. The van der Waals surface area contributed by atoms with E-state index in [1.807, 2.05) is 0 Å². The summed E-state index contributed by atoms with van der Waals surface area (Å²) in [5.74, 6) is -2.13. The number of nitrogens with zero attached hydrogens (tertiary/aromatic N) is 1. The van der Waals surface area contributed by atoms with Crippen LogP contribution in [0.5, 0.6) is 5.75 Å². The molecule has 1 saturated heterocycles. The van der Waals surface area contributed by atoms with Crippen LogP contribution in [0.25, 0.3) is 6.08 Å². The van der Waals surface area contributed by atoms with Crippen LogP contribution in [0.4, 0.5) is 14.9 Å². The van der Waals surface area contributed by atoms with Crippen molar-refractivity contribution in [1.82, 2.24) is 4.90 Å². The number of imide groups is 1. The normalized spacial score (nSPS) is 14.2. The number of hydrogen-bond donors (Lipinski definition) is 2. The van der Waals surface area contributed by atoms with Gasteiger partial charge >= 0.3 is 5.97 Å². The van der Waals surface area contributed by atoms with Crippen molar-refractivity contribution in [3.8, 4) is 5.75 Å². The van der Waals surface area contributed by atoms with Gasteiger partial charge in [0.1, 0.15) is 24.7 Å². The van der Waals surface area contributed by atoms with Crippen molar-refractivity contribution in [3.63, 3.8) is 0 Å². The van der Waals surface area contributed by atoms with Crippen LogP contribution in [0.15, 0.2) is 71.6 Å². The van der Waals surface area contributed by atoms with Crippen LogP contribution >= 0.6 is 34.4 Å². The fraction of sp³-hybridized carbons (Fsp3) is 0.0769. The summed E-state index contributed by atoms with van der Waals surface area (Å²) in [5.41, 5.74) is 1.89. The summed E-state index contributed by atoms with van der Waals surface area (Å²) >= 11 is 2.82. The molecule has 0 unspecified atom stereocenters. The van der Waals surface area contributed by atoms with Crippen molar-refractivity contribution >= 4 is 69.1 Å². The van der Waals surface area contributed by atoms with Crippen LogP contribution in [-0.4, -0.2) is 39.6 Å². The van der Waals surface area contributed by atoms with Gasteiger partial charge in [-0.1, -0.05) is 24.3 Å². The smallest absolute Gasteiger partial charge is 0.335 e. The zero-order valence-corrected chi connectivity index (χ0v) is 21.9. The minimum atomic E-state index is -0.998. The van der Waals surface area contributed by atoms with Gasteiger partial charge in [0, 0.05) is 5.69 Å². The average Bonchev–Trinajstić information content (AvgIpc) is 3.11. The highest BCUT2D eigenvalue weighted by Crippen LogP contribution is 2.33. The van der Waals surface area contributed by atoms with Crippen LogP contribution in [-0.2, 0) is 16.2 Å². The molecule has 0 saturated carbocycles. The number of rotatable bonds is 8. The van der Waals surface area contributed by atoms with Gasteiger partial charge in [-0.25, -0.2) is 9.18 Å². The Morgan fingerprint density at radius 1 is 1.08 bits per heavy atom. The predicted octanol–water partition coefficient (Wildman–Crippen LogP) is 5.38. The lowest BCUT2D eigenvalue weighted by Crippen LogP contribution is -2.36. The number of anilines is 1. The van der Waals surface area contributed by atoms with Gasteiger partial charge in [-0.15, -0.1) is 0 Å². The summed E-state index contributed by atoms with van der Waals surface area (Å²) < 4.78 is 19.9. The topological polar surface area (TPSA) is 113 Å². The summed E-state index contributed by atoms with van der Waals surface area (Å²) in [6.07, 6.45) is 1.56. The predicted molar refractivity (Wildman–Crippen MR) is 145 cm³/mol. The van der Waals surface area contributed by atoms with E-state index in [4.69, 9.17) is 9.84 Å². The third kappa shape index (κ3) is 6.74. The number of benzene rings is 3. The molecular formula is C26H18FIN2O6S. The Balaban J connectivity index is 1.38. The van der Waals surface area contributed by atoms with Crippen LogP contribution in [0, 0.1) is 9.39 Å². The number of carbonyl (C=O) groups excluding carboxylic acids is 3. The molecule has 1 fully saturated rings. The molecule has 0 spiro atoms. The first-order chi connectivity index (χ1) is 17.7. The summed E-state index contributed by atoms with van der Waals surface area (Å²) in [4.78, 5) is 49.4. The molecule has 0 radical (unpaired) electrons. The molecule has 8 nitrogen and oxygen atoms in total. The van der Waals surface area contributed by atoms with Crippen LogP contribution in [0.3, 0.4) is 0 Å². The van der Waals surface area contributed by atoms with E-state index in [2.05, 4.69) is 27.9 Å². The van der Waals surface area contributed by atoms with E-state index in [1.165, 1.54) is 30.3 Å². The maximum atomic E-state index is 13.3. The van der Waals surface area contributed by atoms with Gasteiger partial charge in [0.25, 0.3) is 11.1 Å². The Labute approximate surface area is 228 Å². The van der Waals surface area contributed by atoms with Crippen LogP contribution in [0.2, 0.25) is 0 Å². The highest BCUT2D eigenvalue weighted by atomic mass is 127. The largest absolute Gasteiger partial charge is 0.488 e. The minimum absolute atomic E-state index is 0.173. The fourth-order valence-electron chi connectivity index (χ4n) is 3.33. The Hall–Kier alpha value is -3.71. The molecule has 0 aliphatic carbocycles. The number of hydrogen-bond acceptors (Lipinski definition) is 6. The second kappa shape index (κ2) is 11.6. The number of amides is 3. The first-order valence-corrected chi connectivity index (χ1v) is 12.6. The quantitative estimate of drug-likeness (QED) is 0.253. The molecule has 3 aromatic carbocycles. The lowest BCUT2D eigenvalue weighted by atomic mass is 10.1. The summed E-state index contributed by atoms with van der Waals surface area (Å²) in [5, 5.41) is 10.9. The van der Waals surface area contributed by atoms with Gasteiger partial charge in [-0.05, 0) is 94.0 Å². The van der Waals surface area contributed by atoms with E-state index >= 15 is 0 Å². The van der Waals surface area contributed by atoms with Crippen molar-refractivity contribution < 1.29 is 33.4 Å². The maximum Gasteiger partial charge on any atom is 0.335 e. The molecule has 3 amide bonds. The number of aromatic carboxylic acids is 1. The molecule has 1 aliphatic rings.